The normalized spacial score (nSPS) is 9.85. The smallest absolute Gasteiger partial charge is 0.232 e. The number of aromatic nitrogens is 2. The van der Waals surface area contributed by atoms with E-state index in [2.05, 4.69) is 9.97 Å². The average molecular weight is 175 g/mol. The van der Waals surface area contributed by atoms with Crippen molar-refractivity contribution in [2.24, 2.45) is 0 Å². The van der Waals surface area contributed by atoms with Gasteiger partial charge in [-0.2, -0.15) is 5.26 Å². The summed E-state index contributed by atoms with van der Waals surface area (Å²) in [5.74, 6) is 0.428. The quantitative estimate of drug-likeness (QED) is 0.650. The van der Waals surface area contributed by atoms with Gasteiger partial charge in [0, 0.05) is 0 Å². The number of ether oxygens (including phenoxy) is 1. The average Bonchev–Trinajstić information content (AvgIpc) is 2.19. The van der Waals surface area contributed by atoms with Crippen molar-refractivity contribution in [3.63, 3.8) is 0 Å². The van der Waals surface area contributed by atoms with Crippen molar-refractivity contribution in [2.75, 3.05) is 6.61 Å². The molecule has 0 N–H and O–H groups in total. The second-order valence-corrected chi connectivity index (χ2v) is 2.23. The van der Waals surface area contributed by atoms with Crippen molar-refractivity contribution in [3.05, 3.63) is 30.2 Å². The molecule has 0 aliphatic carbocycles. The fourth-order valence-electron chi connectivity index (χ4n) is 0.678. The molecule has 0 bridgehead atoms. The molecule has 0 amide bonds. The zero-order chi connectivity index (χ0) is 9.52. The van der Waals surface area contributed by atoms with Crippen LogP contribution in [0.2, 0.25) is 0 Å². The third kappa shape index (κ3) is 2.91. The van der Waals surface area contributed by atoms with Crippen molar-refractivity contribution >= 4 is 0 Å². The number of allylic oxidation sites excluding steroid dienone is 1. The van der Waals surface area contributed by atoms with E-state index in [4.69, 9.17) is 10.00 Å². The minimum absolute atomic E-state index is 0.290. The molecular formula is C9H9N3O. The van der Waals surface area contributed by atoms with Crippen molar-refractivity contribution in [1.29, 1.82) is 5.26 Å². The van der Waals surface area contributed by atoms with Crippen LogP contribution in [0.5, 0.6) is 5.88 Å². The summed E-state index contributed by atoms with van der Waals surface area (Å²) in [4.78, 5) is 7.68. The van der Waals surface area contributed by atoms with Gasteiger partial charge in [0.25, 0.3) is 0 Å². The van der Waals surface area contributed by atoms with Crippen LogP contribution in [0.15, 0.2) is 24.5 Å². The number of hydrogen-bond donors (Lipinski definition) is 0. The van der Waals surface area contributed by atoms with Crippen LogP contribution < -0.4 is 4.74 Å². The highest BCUT2D eigenvalue weighted by Gasteiger charge is 1.94. The van der Waals surface area contributed by atoms with Crippen LogP contribution in [0.25, 0.3) is 0 Å². The molecule has 0 saturated carbocycles. The zero-order valence-corrected chi connectivity index (χ0v) is 7.27. The largest absolute Gasteiger partial charge is 0.472 e. The number of nitrogens with zero attached hydrogens (tertiary/aromatic N) is 3. The second-order valence-electron chi connectivity index (χ2n) is 2.23. The van der Waals surface area contributed by atoms with Crippen molar-refractivity contribution in [3.8, 4) is 11.9 Å². The monoisotopic (exact) mass is 175 g/mol. The molecule has 1 heterocycles. The Labute approximate surface area is 76.5 Å². The SMILES string of the molecule is CC=CCOc1cnc(C#N)cn1. The van der Waals surface area contributed by atoms with E-state index < -0.39 is 0 Å². The van der Waals surface area contributed by atoms with Gasteiger partial charge >= 0.3 is 0 Å². The van der Waals surface area contributed by atoms with E-state index in [0.29, 0.717) is 18.2 Å². The predicted molar refractivity (Wildman–Crippen MR) is 47.1 cm³/mol. The number of hydrogen-bond acceptors (Lipinski definition) is 4. The summed E-state index contributed by atoms with van der Waals surface area (Å²) in [6.07, 6.45) is 6.56. The van der Waals surface area contributed by atoms with E-state index in [-0.39, 0.29) is 0 Å². The Morgan fingerprint density at radius 1 is 1.54 bits per heavy atom. The first kappa shape index (κ1) is 9.20. The number of rotatable bonds is 3. The van der Waals surface area contributed by atoms with Gasteiger partial charge in [-0.25, -0.2) is 9.97 Å². The van der Waals surface area contributed by atoms with E-state index in [9.17, 15) is 0 Å². The molecule has 13 heavy (non-hydrogen) atoms. The van der Waals surface area contributed by atoms with Crippen LogP contribution in [0.3, 0.4) is 0 Å². The topological polar surface area (TPSA) is 58.8 Å². The Balaban J connectivity index is 2.55. The molecule has 0 saturated heterocycles. The van der Waals surface area contributed by atoms with Crippen LogP contribution in [0, 0.1) is 11.3 Å². The van der Waals surface area contributed by atoms with Gasteiger partial charge in [-0.3, -0.25) is 0 Å². The van der Waals surface area contributed by atoms with Gasteiger partial charge in [-0.05, 0) is 6.92 Å². The summed E-state index contributed by atoms with van der Waals surface area (Å²) < 4.78 is 5.18. The lowest BCUT2D eigenvalue weighted by atomic mass is 10.5. The molecule has 0 fully saturated rings. The summed E-state index contributed by atoms with van der Waals surface area (Å²) in [6, 6.07) is 1.88. The van der Waals surface area contributed by atoms with Crippen LogP contribution in [-0.4, -0.2) is 16.6 Å². The molecular weight excluding hydrogens is 166 g/mol. The lowest BCUT2D eigenvalue weighted by Gasteiger charge is -1.99. The van der Waals surface area contributed by atoms with Gasteiger partial charge in [0.2, 0.25) is 5.88 Å². The van der Waals surface area contributed by atoms with Crippen molar-refractivity contribution < 1.29 is 4.74 Å². The molecule has 1 rings (SSSR count). The van der Waals surface area contributed by atoms with Gasteiger partial charge in [0.1, 0.15) is 12.7 Å². The van der Waals surface area contributed by atoms with E-state index in [1.165, 1.54) is 12.4 Å². The molecule has 0 aromatic carbocycles. The van der Waals surface area contributed by atoms with E-state index in [1.54, 1.807) is 0 Å². The molecule has 0 unspecified atom stereocenters. The van der Waals surface area contributed by atoms with Crippen LogP contribution in [0.1, 0.15) is 12.6 Å². The maximum atomic E-state index is 8.44. The van der Waals surface area contributed by atoms with E-state index in [1.807, 2.05) is 25.1 Å². The first-order valence-corrected chi connectivity index (χ1v) is 3.83. The fraction of sp³-hybridized carbons (Fsp3) is 0.222. The summed E-state index contributed by atoms with van der Waals surface area (Å²) in [6.45, 7) is 2.38. The molecule has 0 radical (unpaired) electrons. The van der Waals surface area contributed by atoms with E-state index in [0.717, 1.165) is 0 Å². The predicted octanol–water partition coefficient (Wildman–Crippen LogP) is 1.30. The minimum Gasteiger partial charge on any atom is -0.472 e. The molecule has 1 aromatic heterocycles. The van der Waals surface area contributed by atoms with Crippen LogP contribution in [0.4, 0.5) is 0 Å². The van der Waals surface area contributed by atoms with E-state index >= 15 is 0 Å². The fourth-order valence-corrected chi connectivity index (χ4v) is 0.678. The second kappa shape index (κ2) is 4.88. The molecule has 0 aliphatic rings. The summed E-state index contributed by atoms with van der Waals surface area (Å²) in [5, 5.41) is 8.44. The Hall–Kier alpha value is -1.89. The minimum atomic E-state index is 0.290. The highest BCUT2D eigenvalue weighted by atomic mass is 16.5. The zero-order valence-electron chi connectivity index (χ0n) is 7.27. The van der Waals surface area contributed by atoms with Crippen molar-refractivity contribution in [1.82, 2.24) is 9.97 Å². The van der Waals surface area contributed by atoms with Crippen LogP contribution >= 0.6 is 0 Å². The highest BCUT2D eigenvalue weighted by Crippen LogP contribution is 2.02. The molecule has 0 atom stereocenters. The summed E-state index contributed by atoms with van der Waals surface area (Å²) in [5.41, 5.74) is 0.290. The third-order valence-corrected chi connectivity index (χ3v) is 1.31. The number of nitriles is 1. The van der Waals surface area contributed by atoms with Gasteiger partial charge in [-0.1, -0.05) is 12.2 Å². The van der Waals surface area contributed by atoms with Crippen LogP contribution in [-0.2, 0) is 0 Å². The summed E-state index contributed by atoms with van der Waals surface area (Å²) in [7, 11) is 0. The van der Waals surface area contributed by atoms with Gasteiger partial charge in [0.05, 0.1) is 12.4 Å². The molecule has 1 aromatic rings. The maximum absolute atomic E-state index is 8.44. The molecule has 66 valence electrons. The lowest BCUT2D eigenvalue weighted by molar-refractivity contribution is 0.346. The highest BCUT2D eigenvalue weighted by molar-refractivity contribution is 5.18. The first-order chi connectivity index (χ1) is 6.36. The standard InChI is InChI=1S/C9H9N3O/c1-2-3-4-13-9-7-11-8(5-10)6-12-9/h2-3,6-7H,4H2,1H3. The Morgan fingerprint density at radius 3 is 2.92 bits per heavy atom. The Kier molecular flexibility index (Phi) is 3.45. The van der Waals surface area contributed by atoms with Gasteiger partial charge < -0.3 is 4.74 Å². The molecule has 0 aliphatic heterocycles. The van der Waals surface area contributed by atoms with Gasteiger partial charge in [0.15, 0.2) is 5.69 Å². The lowest BCUT2D eigenvalue weighted by Crippen LogP contribution is -1.96. The molecule has 4 nitrogen and oxygen atoms in total. The van der Waals surface area contributed by atoms with Gasteiger partial charge in [-0.15, -0.1) is 0 Å². The summed E-state index contributed by atoms with van der Waals surface area (Å²) >= 11 is 0. The molecule has 4 heteroatoms. The van der Waals surface area contributed by atoms with Crippen molar-refractivity contribution in [2.45, 2.75) is 6.92 Å². The maximum Gasteiger partial charge on any atom is 0.232 e. The Morgan fingerprint density at radius 2 is 2.38 bits per heavy atom. The Bertz CT molecular complexity index is 324. The molecule has 0 spiro atoms. The first-order valence-electron chi connectivity index (χ1n) is 3.83. The third-order valence-electron chi connectivity index (χ3n) is 1.31.